The Hall–Kier alpha value is -1.94. The number of aliphatic hydroxyl groups excluding tert-OH is 1. The molecule has 0 aliphatic heterocycles. The van der Waals surface area contributed by atoms with Gasteiger partial charge >= 0.3 is 39.5 Å². The van der Waals surface area contributed by atoms with Crippen LogP contribution in [0.25, 0.3) is 0 Å². The van der Waals surface area contributed by atoms with Gasteiger partial charge in [-0.2, -0.15) is 0 Å². The molecule has 0 saturated carbocycles. The minimum Gasteiger partial charge on any atom is -0.462 e. The summed E-state index contributed by atoms with van der Waals surface area (Å²) in [7, 11) is -9.91. The Morgan fingerprint density at radius 2 is 0.511 bits per heavy atom. The first-order chi connectivity index (χ1) is 45.2. The lowest BCUT2D eigenvalue weighted by Crippen LogP contribution is -2.30. The van der Waals surface area contributed by atoms with Crippen LogP contribution in [-0.4, -0.2) is 96.7 Å². The molecule has 0 rings (SSSR count). The number of carbonyl (C=O) groups is 4. The molecule has 0 amide bonds. The van der Waals surface area contributed by atoms with E-state index in [0.717, 1.165) is 120 Å². The fraction of sp³-hybridized carbons (Fsp3) is 0.947. The number of rotatable bonds is 72. The van der Waals surface area contributed by atoms with Gasteiger partial charge in [0, 0.05) is 25.7 Å². The quantitative estimate of drug-likeness (QED) is 0.0222. The normalized spacial score (nSPS) is 14.7. The van der Waals surface area contributed by atoms with Crippen LogP contribution in [0.1, 0.15) is 376 Å². The van der Waals surface area contributed by atoms with Crippen LogP contribution in [0, 0.1) is 23.7 Å². The maximum absolute atomic E-state index is 13.1. The van der Waals surface area contributed by atoms with Gasteiger partial charge in [0.15, 0.2) is 12.2 Å². The third kappa shape index (κ3) is 66.0. The van der Waals surface area contributed by atoms with Crippen LogP contribution in [0.3, 0.4) is 0 Å². The van der Waals surface area contributed by atoms with Gasteiger partial charge in [0.25, 0.3) is 0 Å². The smallest absolute Gasteiger partial charge is 0.462 e. The number of hydrogen-bond acceptors (Lipinski definition) is 15. The number of carbonyl (C=O) groups excluding carboxylic acids is 4. The first kappa shape index (κ1) is 92.1. The van der Waals surface area contributed by atoms with Gasteiger partial charge in [0.05, 0.1) is 26.4 Å². The average molecular weight is 1380 g/mol. The molecule has 0 fully saturated rings. The lowest BCUT2D eigenvalue weighted by molar-refractivity contribution is -0.161. The molecule has 0 aliphatic carbocycles. The molecular weight excluding hydrogens is 1230 g/mol. The topological polar surface area (TPSA) is 237 Å². The monoisotopic (exact) mass is 1380 g/mol. The van der Waals surface area contributed by atoms with Crippen molar-refractivity contribution in [3.8, 4) is 0 Å². The van der Waals surface area contributed by atoms with Crippen LogP contribution in [0.5, 0.6) is 0 Å². The van der Waals surface area contributed by atoms with Crippen LogP contribution in [0.15, 0.2) is 0 Å². The summed E-state index contributed by atoms with van der Waals surface area (Å²) in [6, 6.07) is 0. The van der Waals surface area contributed by atoms with Crippen LogP contribution in [0.4, 0.5) is 0 Å². The van der Waals surface area contributed by atoms with Crippen molar-refractivity contribution in [1.29, 1.82) is 0 Å². The van der Waals surface area contributed by atoms with Gasteiger partial charge in [-0.05, 0) is 49.4 Å². The number of unbranched alkanes of at least 4 members (excludes halogenated alkanes) is 36. The van der Waals surface area contributed by atoms with Crippen molar-refractivity contribution < 1.29 is 80.2 Å². The zero-order chi connectivity index (χ0) is 69.6. The molecule has 0 aliphatic rings. The Labute approximate surface area is 575 Å². The second-order valence-corrected chi connectivity index (χ2v) is 31.4. The van der Waals surface area contributed by atoms with E-state index < -0.39 is 97.5 Å². The van der Waals surface area contributed by atoms with Gasteiger partial charge in [0.1, 0.15) is 19.3 Å². The Balaban J connectivity index is 5.20. The van der Waals surface area contributed by atoms with Gasteiger partial charge < -0.3 is 33.8 Å². The molecule has 0 aromatic carbocycles. The summed E-state index contributed by atoms with van der Waals surface area (Å²) in [6.07, 6.45) is 48.7. The molecule has 0 saturated heterocycles. The summed E-state index contributed by atoms with van der Waals surface area (Å²) in [4.78, 5) is 72.7. The highest BCUT2D eigenvalue weighted by Gasteiger charge is 2.30. The first-order valence-corrected chi connectivity index (χ1v) is 41.8. The third-order valence-electron chi connectivity index (χ3n) is 18.0. The van der Waals surface area contributed by atoms with E-state index in [1.807, 2.05) is 0 Å². The summed E-state index contributed by atoms with van der Waals surface area (Å²) < 4.78 is 68.4. The molecule has 4 unspecified atom stereocenters. The first-order valence-electron chi connectivity index (χ1n) is 38.8. The molecule has 0 radical (unpaired) electrons. The van der Waals surface area contributed by atoms with Gasteiger partial charge in [0.2, 0.25) is 0 Å². The lowest BCUT2D eigenvalue weighted by atomic mass is 9.99. The molecule has 94 heavy (non-hydrogen) atoms. The van der Waals surface area contributed by atoms with E-state index >= 15 is 0 Å². The Bertz CT molecular complexity index is 1850. The molecule has 7 atom stereocenters. The van der Waals surface area contributed by atoms with Gasteiger partial charge in [-0.15, -0.1) is 0 Å². The highest BCUT2D eigenvalue weighted by atomic mass is 31.2. The number of esters is 4. The number of phosphoric acid groups is 2. The van der Waals surface area contributed by atoms with E-state index in [1.165, 1.54) is 167 Å². The predicted molar refractivity (Wildman–Crippen MR) is 381 cm³/mol. The molecule has 3 N–H and O–H groups in total. The Kier molecular flexibility index (Phi) is 63.1. The van der Waals surface area contributed by atoms with E-state index in [-0.39, 0.29) is 25.7 Å². The number of phosphoric ester groups is 2. The summed E-state index contributed by atoms with van der Waals surface area (Å²) in [5.41, 5.74) is 0. The van der Waals surface area contributed by atoms with Crippen molar-refractivity contribution >= 4 is 39.5 Å². The molecule has 0 heterocycles. The largest absolute Gasteiger partial charge is 0.472 e. The molecule has 558 valence electrons. The van der Waals surface area contributed by atoms with Crippen LogP contribution >= 0.6 is 15.6 Å². The van der Waals surface area contributed by atoms with Crippen molar-refractivity contribution in [3.05, 3.63) is 0 Å². The van der Waals surface area contributed by atoms with Crippen molar-refractivity contribution in [1.82, 2.24) is 0 Å². The molecule has 19 heteroatoms. The number of ether oxygens (including phenoxy) is 4. The maximum Gasteiger partial charge on any atom is 0.472 e. The lowest BCUT2D eigenvalue weighted by Gasteiger charge is -2.21. The Morgan fingerprint density at radius 3 is 0.755 bits per heavy atom. The molecule has 0 bridgehead atoms. The van der Waals surface area contributed by atoms with Crippen molar-refractivity contribution in [2.24, 2.45) is 23.7 Å². The fourth-order valence-electron chi connectivity index (χ4n) is 11.3. The minimum absolute atomic E-state index is 0.106. The standard InChI is InChI=1S/C75H146O17P2/c1-9-67(7)53-45-37-28-24-20-16-12-14-18-22-26-30-42-50-58-75(80)92-71(62-86-73(78)56-48-40-34-32-38-46-54-68(8)10-2)64-90-94(83,84)88-60-69(76)59-87-93(81,82)89-63-70(61-85-72(77)55-47-39-33-31-36-44-52-66(5)6)91-74(79)57-49-41-29-25-21-17-13-11-15-19-23-27-35-43-51-65(3)4/h65-71,76H,9-64H2,1-8H3,(H,81,82)(H,83,84)/t67?,68?,69-,70-,71-/m1/s1. The average Bonchev–Trinajstić information content (AvgIpc) is 2.04. The van der Waals surface area contributed by atoms with E-state index in [4.69, 9.17) is 37.0 Å². The predicted octanol–water partition coefficient (Wildman–Crippen LogP) is 21.7. The van der Waals surface area contributed by atoms with E-state index in [0.29, 0.717) is 31.6 Å². The SMILES string of the molecule is CCC(C)CCCCCCCCCCCCCCCCC(=O)O[C@H](COC(=O)CCCCCCCCC(C)CC)COP(=O)(O)OC[C@H](O)COP(=O)(O)OC[C@@H](COC(=O)CCCCCCCCC(C)C)OC(=O)CCCCCCCCCCCCCCCCC(C)C. The second kappa shape index (κ2) is 64.4. The summed E-state index contributed by atoms with van der Waals surface area (Å²) in [5, 5.41) is 10.6. The van der Waals surface area contributed by atoms with Crippen LogP contribution in [-0.2, 0) is 65.4 Å². The molecule has 0 aromatic rings. The maximum atomic E-state index is 13.1. The molecular formula is C75H146O17P2. The summed E-state index contributed by atoms with van der Waals surface area (Å²) >= 11 is 0. The van der Waals surface area contributed by atoms with Crippen molar-refractivity contribution in [2.45, 2.75) is 395 Å². The molecule has 0 aromatic heterocycles. The Morgan fingerprint density at radius 1 is 0.298 bits per heavy atom. The van der Waals surface area contributed by atoms with E-state index in [9.17, 15) is 43.2 Å². The molecule has 17 nitrogen and oxygen atoms in total. The van der Waals surface area contributed by atoms with Crippen LogP contribution in [0.2, 0.25) is 0 Å². The van der Waals surface area contributed by atoms with Gasteiger partial charge in [-0.25, -0.2) is 9.13 Å². The van der Waals surface area contributed by atoms with Gasteiger partial charge in [-0.3, -0.25) is 37.3 Å². The summed E-state index contributed by atoms with van der Waals surface area (Å²) in [5.74, 6) is 0.926. The number of aliphatic hydroxyl groups is 1. The fourth-order valence-corrected chi connectivity index (χ4v) is 12.9. The highest BCUT2D eigenvalue weighted by molar-refractivity contribution is 7.47. The van der Waals surface area contributed by atoms with E-state index in [2.05, 4.69) is 55.4 Å². The van der Waals surface area contributed by atoms with Gasteiger partial charge in [-0.1, -0.05) is 325 Å². The van der Waals surface area contributed by atoms with Crippen molar-refractivity contribution in [3.63, 3.8) is 0 Å². The summed E-state index contributed by atoms with van der Waals surface area (Å²) in [6.45, 7) is 14.1. The minimum atomic E-state index is -4.96. The molecule has 0 spiro atoms. The zero-order valence-corrected chi connectivity index (χ0v) is 63.4. The second-order valence-electron chi connectivity index (χ2n) is 28.5. The zero-order valence-electron chi connectivity index (χ0n) is 61.6. The third-order valence-corrected chi connectivity index (χ3v) is 19.9. The number of hydrogen-bond donors (Lipinski definition) is 3. The van der Waals surface area contributed by atoms with E-state index in [1.54, 1.807) is 0 Å². The van der Waals surface area contributed by atoms with Crippen LogP contribution < -0.4 is 0 Å². The van der Waals surface area contributed by atoms with Crippen molar-refractivity contribution in [2.75, 3.05) is 39.6 Å². The highest BCUT2D eigenvalue weighted by Crippen LogP contribution is 2.45.